The van der Waals surface area contributed by atoms with Crippen LogP contribution in [-0.2, 0) is 14.3 Å². The lowest BCUT2D eigenvalue weighted by Crippen LogP contribution is -2.40. The lowest BCUT2D eigenvalue weighted by molar-refractivity contribution is -0.147. The number of hydrogen-bond donors (Lipinski definition) is 2. The highest BCUT2D eigenvalue weighted by Crippen LogP contribution is 2.19. The van der Waals surface area contributed by atoms with Gasteiger partial charge in [-0.15, -0.1) is 0 Å². The summed E-state index contributed by atoms with van der Waals surface area (Å²) in [6.45, 7) is 5.60. The minimum Gasteiger partial charge on any atom is -0.463 e. The Labute approximate surface area is 140 Å². The molecule has 0 aliphatic heterocycles. The summed E-state index contributed by atoms with van der Waals surface area (Å²) < 4.78 is 11.0. The Kier molecular flexibility index (Phi) is 10.4. The molecule has 1 aliphatic carbocycles. The van der Waals surface area contributed by atoms with Crippen molar-refractivity contribution in [1.82, 2.24) is 10.6 Å². The second kappa shape index (κ2) is 12.2. The predicted octanol–water partition coefficient (Wildman–Crippen LogP) is 2.23. The van der Waals surface area contributed by atoms with E-state index in [9.17, 15) is 4.79 Å². The van der Waals surface area contributed by atoms with E-state index in [0.29, 0.717) is 38.2 Å². The van der Waals surface area contributed by atoms with Gasteiger partial charge in [-0.3, -0.25) is 9.79 Å². The van der Waals surface area contributed by atoms with Crippen LogP contribution in [0.4, 0.5) is 0 Å². The zero-order chi connectivity index (χ0) is 16.9. The van der Waals surface area contributed by atoms with Crippen LogP contribution in [0, 0.1) is 0 Å². The third-order valence-corrected chi connectivity index (χ3v) is 3.76. The van der Waals surface area contributed by atoms with Gasteiger partial charge < -0.3 is 20.1 Å². The van der Waals surface area contributed by atoms with E-state index in [4.69, 9.17) is 9.47 Å². The number of nitrogens with one attached hydrogen (secondary N) is 2. The molecular formula is C17H33N3O3. The van der Waals surface area contributed by atoms with E-state index in [1.54, 1.807) is 7.05 Å². The second-order valence-electron chi connectivity index (χ2n) is 6.20. The monoisotopic (exact) mass is 327 g/mol. The van der Waals surface area contributed by atoms with Crippen LogP contribution in [0.3, 0.4) is 0 Å². The van der Waals surface area contributed by atoms with Crippen molar-refractivity contribution in [1.29, 1.82) is 0 Å². The maximum absolute atomic E-state index is 11.4. The molecule has 134 valence electrons. The van der Waals surface area contributed by atoms with Crippen molar-refractivity contribution >= 4 is 11.9 Å². The van der Waals surface area contributed by atoms with Crippen LogP contribution in [0.15, 0.2) is 4.99 Å². The van der Waals surface area contributed by atoms with Gasteiger partial charge in [-0.25, -0.2) is 0 Å². The molecule has 0 heterocycles. The molecule has 2 N–H and O–H groups in total. The largest absolute Gasteiger partial charge is 0.463 e. The summed E-state index contributed by atoms with van der Waals surface area (Å²) >= 11 is 0. The van der Waals surface area contributed by atoms with E-state index >= 15 is 0 Å². The number of esters is 1. The lowest BCUT2D eigenvalue weighted by Gasteiger charge is -2.16. The molecule has 0 unspecified atom stereocenters. The maximum atomic E-state index is 11.4. The van der Waals surface area contributed by atoms with Crippen LogP contribution in [0.2, 0.25) is 0 Å². The van der Waals surface area contributed by atoms with Crippen molar-refractivity contribution in [3.05, 3.63) is 0 Å². The zero-order valence-corrected chi connectivity index (χ0v) is 14.9. The third-order valence-electron chi connectivity index (χ3n) is 3.76. The molecule has 1 saturated carbocycles. The Morgan fingerprint density at radius 2 is 1.78 bits per heavy atom. The molecule has 0 bridgehead atoms. The number of carbonyl (C=O) groups excluding carboxylic acids is 1. The fourth-order valence-corrected chi connectivity index (χ4v) is 2.63. The van der Waals surface area contributed by atoms with Gasteiger partial charge in [-0.05, 0) is 26.7 Å². The molecule has 6 heteroatoms. The maximum Gasteiger partial charge on any atom is 0.307 e. The van der Waals surface area contributed by atoms with Crippen molar-refractivity contribution < 1.29 is 14.3 Å². The highest BCUT2D eigenvalue weighted by atomic mass is 16.5. The van der Waals surface area contributed by atoms with Gasteiger partial charge in [-0.2, -0.15) is 0 Å². The van der Waals surface area contributed by atoms with Crippen LogP contribution < -0.4 is 10.6 Å². The molecule has 0 aromatic heterocycles. The Hall–Kier alpha value is -1.30. The Bertz CT molecular complexity index is 351. The molecule has 0 spiro atoms. The second-order valence-corrected chi connectivity index (χ2v) is 6.20. The van der Waals surface area contributed by atoms with Crippen LogP contribution in [0.5, 0.6) is 0 Å². The first-order valence-electron chi connectivity index (χ1n) is 8.87. The standard InChI is InChI=1S/C17H33N3O3/c1-14(2)23-16(21)10-11-19-17(18-3)20-12-13-22-15-8-6-4-5-7-9-15/h14-15H,4-13H2,1-3H3,(H2,18,19,20). The van der Waals surface area contributed by atoms with Crippen LogP contribution in [-0.4, -0.2) is 50.9 Å². The van der Waals surface area contributed by atoms with Gasteiger partial charge in [-0.1, -0.05) is 25.7 Å². The van der Waals surface area contributed by atoms with Gasteiger partial charge in [0.2, 0.25) is 0 Å². The summed E-state index contributed by atoms with van der Waals surface area (Å²) in [6.07, 6.45) is 8.30. The quantitative estimate of drug-likeness (QED) is 0.235. The average molecular weight is 327 g/mol. The van der Waals surface area contributed by atoms with Gasteiger partial charge in [0.05, 0.1) is 25.2 Å². The molecule has 0 saturated heterocycles. The molecule has 1 aliphatic rings. The van der Waals surface area contributed by atoms with Gasteiger partial charge in [0.15, 0.2) is 5.96 Å². The van der Waals surface area contributed by atoms with Crippen LogP contribution in [0.1, 0.15) is 58.8 Å². The normalized spacial score (nSPS) is 17.0. The van der Waals surface area contributed by atoms with Crippen molar-refractivity contribution in [2.24, 2.45) is 4.99 Å². The van der Waals surface area contributed by atoms with Gasteiger partial charge in [0.25, 0.3) is 0 Å². The highest BCUT2D eigenvalue weighted by Gasteiger charge is 2.12. The number of guanidine groups is 1. The van der Waals surface area contributed by atoms with E-state index < -0.39 is 0 Å². The minimum atomic E-state index is -0.195. The zero-order valence-electron chi connectivity index (χ0n) is 14.9. The summed E-state index contributed by atoms with van der Waals surface area (Å²) in [5.41, 5.74) is 0. The van der Waals surface area contributed by atoms with Gasteiger partial charge in [0, 0.05) is 20.1 Å². The molecule has 0 radical (unpaired) electrons. The number of hydrogen-bond acceptors (Lipinski definition) is 4. The molecule has 0 aromatic carbocycles. The van der Waals surface area contributed by atoms with Crippen LogP contribution >= 0.6 is 0 Å². The SMILES string of the molecule is CN=C(NCCOC1CCCCCC1)NCCC(=O)OC(C)C. The third kappa shape index (κ3) is 10.2. The van der Waals surface area contributed by atoms with Crippen molar-refractivity contribution in [3.63, 3.8) is 0 Å². The van der Waals surface area contributed by atoms with E-state index in [0.717, 1.165) is 0 Å². The molecule has 1 fully saturated rings. The number of rotatable bonds is 8. The van der Waals surface area contributed by atoms with Crippen molar-refractivity contribution in [3.8, 4) is 0 Å². The minimum absolute atomic E-state index is 0.0685. The predicted molar refractivity (Wildman–Crippen MR) is 92.7 cm³/mol. The molecule has 23 heavy (non-hydrogen) atoms. The smallest absolute Gasteiger partial charge is 0.307 e. The first kappa shape index (κ1) is 19.7. The van der Waals surface area contributed by atoms with Crippen molar-refractivity contribution in [2.45, 2.75) is 71.0 Å². The van der Waals surface area contributed by atoms with Gasteiger partial charge >= 0.3 is 5.97 Å². The fourth-order valence-electron chi connectivity index (χ4n) is 2.63. The molecule has 0 amide bonds. The number of aliphatic imine (C=N–C) groups is 1. The lowest BCUT2D eigenvalue weighted by atomic mass is 10.1. The number of ether oxygens (including phenoxy) is 2. The topological polar surface area (TPSA) is 72.0 Å². The number of nitrogens with zero attached hydrogens (tertiary/aromatic N) is 1. The molecular weight excluding hydrogens is 294 g/mol. The molecule has 6 nitrogen and oxygen atoms in total. The van der Waals surface area contributed by atoms with E-state index in [2.05, 4.69) is 15.6 Å². The Balaban J connectivity index is 2.08. The summed E-state index contributed by atoms with van der Waals surface area (Å²) in [6, 6.07) is 0. The van der Waals surface area contributed by atoms with Crippen LogP contribution in [0.25, 0.3) is 0 Å². The molecule has 0 aromatic rings. The highest BCUT2D eigenvalue weighted by molar-refractivity contribution is 5.80. The van der Waals surface area contributed by atoms with E-state index in [1.807, 2.05) is 13.8 Å². The first-order chi connectivity index (χ1) is 11.1. The fraction of sp³-hybridized carbons (Fsp3) is 0.882. The van der Waals surface area contributed by atoms with Gasteiger partial charge in [0.1, 0.15) is 0 Å². The number of carbonyl (C=O) groups is 1. The Morgan fingerprint density at radius 3 is 2.39 bits per heavy atom. The van der Waals surface area contributed by atoms with E-state index in [1.165, 1.54) is 38.5 Å². The molecule has 0 atom stereocenters. The van der Waals surface area contributed by atoms with E-state index in [-0.39, 0.29) is 12.1 Å². The summed E-state index contributed by atoms with van der Waals surface area (Å²) in [4.78, 5) is 15.6. The molecule has 1 rings (SSSR count). The summed E-state index contributed by atoms with van der Waals surface area (Å²) in [7, 11) is 1.72. The first-order valence-corrected chi connectivity index (χ1v) is 8.87. The summed E-state index contributed by atoms with van der Waals surface area (Å²) in [5.74, 6) is 0.492. The Morgan fingerprint density at radius 1 is 1.13 bits per heavy atom. The average Bonchev–Trinajstić information content (AvgIpc) is 2.77. The summed E-state index contributed by atoms with van der Waals surface area (Å²) in [5, 5.41) is 6.31. The van der Waals surface area contributed by atoms with Crippen molar-refractivity contribution in [2.75, 3.05) is 26.7 Å².